The van der Waals surface area contributed by atoms with Gasteiger partial charge in [-0.2, -0.15) is 0 Å². The minimum atomic E-state index is 0. The highest BCUT2D eigenvalue weighted by atomic mass is 35.5. The highest BCUT2D eigenvalue weighted by molar-refractivity contribution is 5.85. The maximum absolute atomic E-state index is 12.5. The zero-order valence-corrected chi connectivity index (χ0v) is 16.4. The van der Waals surface area contributed by atoms with Gasteiger partial charge in [-0.05, 0) is 55.8 Å². The van der Waals surface area contributed by atoms with E-state index < -0.39 is 0 Å². The Labute approximate surface area is 162 Å². The minimum Gasteiger partial charge on any atom is -0.493 e. The lowest BCUT2D eigenvalue weighted by molar-refractivity contribution is -0.135. The van der Waals surface area contributed by atoms with Gasteiger partial charge in [-0.15, -0.1) is 12.4 Å². The Balaban J connectivity index is 0.00000243. The Hall–Kier alpha value is -1.72. The van der Waals surface area contributed by atoms with Gasteiger partial charge in [-0.3, -0.25) is 4.79 Å². The third-order valence-corrected chi connectivity index (χ3v) is 5.41. The van der Waals surface area contributed by atoms with Crippen LogP contribution in [0.15, 0.2) is 24.3 Å². The van der Waals surface area contributed by atoms with E-state index >= 15 is 0 Å². The summed E-state index contributed by atoms with van der Waals surface area (Å²) in [6.07, 6.45) is 7.39. The number of ether oxygens (including phenoxy) is 2. The molecule has 3 rings (SSSR count). The number of carbonyl (C=O) groups is 1. The van der Waals surface area contributed by atoms with Crippen molar-refractivity contribution in [1.82, 2.24) is 10.2 Å². The van der Waals surface area contributed by atoms with Crippen LogP contribution < -0.4 is 14.8 Å². The van der Waals surface area contributed by atoms with Gasteiger partial charge in [-0.25, -0.2) is 0 Å². The van der Waals surface area contributed by atoms with Gasteiger partial charge in [-0.1, -0.05) is 18.2 Å². The second-order valence-electron chi connectivity index (χ2n) is 7.01. The van der Waals surface area contributed by atoms with Crippen LogP contribution in [0.4, 0.5) is 0 Å². The van der Waals surface area contributed by atoms with E-state index in [9.17, 15) is 4.79 Å². The molecular weight excluding hydrogens is 352 g/mol. The van der Waals surface area contributed by atoms with Gasteiger partial charge in [0.05, 0.1) is 7.11 Å². The molecule has 2 fully saturated rings. The molecule has 2 aliphatic heterocycles. The quantitative estimate of drug-likeness (QED) is 0.852. The number of rotatable bonds is 5. The van der Waals surface area contributed by atoms with Crippen molar-refractivity contribution in [1.29, 1.82) is 0 Å². The summed E-state index contributed by atoms with van der Waals surface area (Å²) in [7, 11) is 1.61. The number of halogens is 1. The summed E-state index contributed by atoms with van der Waals surface area (Å²) in [5, 5.41) is 3.45. The number of likely N-dealkylation sites (tertiary alicyclic amines) is 1. The predicted molar refractivity (Wildman–Crippen MR) is 106 cm³/mol. The van der Waals surface area contributed by atoms with E-state index in [1.807, 2.05) is 42.2 Å². The number of methoxy groups -OCH3 is 1. The molecule has 0 bridgehead atoms. The summed E-state index contributed by atoms with van der Waals surface area (Å²) >= 11 is 0. The van der Waals surface area contributed by atoms with Gasteiger partial charge < -0.3 is 19.7 Å². The molecule has 0 atom stereocenters. The first-order chi connectivity index (χ1) is 12.2. The molecule has 26 heavy (non-hydrogen) atoms. The second-order valence-corrected chi connectivity index (χ2v) is 7.01. The fraction of sp³-hybridized carbons (Fsp3) is 0.550. The van der Waals surface area contributed by atoms with Crippen molar-refractivity contribution in [3.8, 4) is 11.5 Å². The van der Waals surface area contributed by atoms with Gasteiger partial charge in [0.2, 0.25) is 0 Å². The van der Waals surface area contributed by atoms with Gasteiger partial charge in [0.1, 0.15) is 0 Å². The van der Waals surface area contributed by atoms with Crippen LogP contribution in [-0.2, 0) is 4.79 Å². The molecule has 0 radical (unpaired) electrons. The maximum atomic E-state index is 12.5. The third kappa shape index (κ3) is 4.71. The molecule has 1 amide bonds. The molecule has 1 aromatic carbocycles. The number of carbonyl (C=O) groups excluding carboxylic acids is 1. The zero-order chi connectivity index (χ0) is 17.7. The molecule has 0 aromatic heterocycles. The Morgan fingerprint density at radius 1 is 1.27 bits per heavy atom. The van der Waals surface area contributed by atoms with Crippen molar-refractivity contribution in [2.24, 2.45) is 5.41 Å². The first kappa shape index (κ1) is 20.6. The van der Waals surface area contributed by atoms with Crippen LogP contribution >= 0.6 is 12.4 Å². The molecule has 0 aliphatic carbocycles. The van der Waals surface area contributed by atoms with E-state index in [2.05, 4.69) is 5.32 Å². The number of benzene rings is 1. The number of allylic oxidation sites excluding steroid dienone is 1. The fourth-order valence-corrected chi connectivity index (χ4v) is 3.78. The first-order valence-corrected chi connectivity index (χ1v) is 9.08. The Bertz CT molecular complexity index is 632. The Kier molecular flexibility index (Phi) is 7.35. The predicted octanol–water partition coefficient (Wildman–Crippen LogP) is 3.13. The summed E-state index contributed by atoms with van der Waals surface area (Å²) in [5.41, 5.74) is 1.47. The SMILES string of the molecule is C/C=C/c1ccc(OCC(=O)N2CCC3(CCNC3)CC2)c(OC)c1.Cl. The fourth-order valence-electron chi connectivity index (χ4n) is 3.78. The summed E-state index contributed by atoms with van der Waals surface area (Å²) < 4.78 is 11.1. The lowest BCUT2D eigenvalue weighted by atomic mass is 9.78. The number of hydrogen-bond acceptors (Lipinski definition) is 4. The van der Waals surface area contributed by atoms with Crippen molar-refractivity contribution in [3.63, 3.8) is 0 Å². The number of nitrogens with zero attached hydrogens (tertiary/aromatic N) is 1. The highest BCUT2D eigenvalue weighted by Crippen LogP contribution is 2.37. The first-order valence-electron chi connectivity index (χ1n) is 9.08. The van der Waals surface area contributed by atoms with E-state index in [1.165, 1.54) is 6.42 Å². The lowest BCUT2D eigenvalue weighted by Gasteiger charge is -2.38. The van der Waals surface area contributed by atoms with Crippen LogP contribution in [-0.4, -0.2) is 50.7 Å². The van der Waals surface area contributed by atoms with E-state index in [-0.39, 0.29) is 24.9 Å². The zero-order valence-electron chi connectivity index (χ0n) is 15.6. The highest BCUT2D eigenvalue weighted by Gasteiger charge is 2.38. The van der Waals surface area contributed by atoms with E-state index in [0.717, 1.165) is 44.6 Å². The molecular formula is C20H29ClN2O3. The normalized spacial score (nSPS) is 18.8. The van der Waals surface area contributed by atoms with Crippen LogP contribution in [0, 0.1) is 5.41 Å². The average Bonchev–Trinajstić information content (AvgIpc) is 3.09. The van der Waals surface area contributed by atoms with Crippen LogP contribution in [0.5, 0.6) is 11.5 Å². The number of hydrogen-bond donors (Lipinski definition) is 1. The molecule has 1 spiro atoms. The molecule has 6 heteroatoms. The molecule has 1 N–H and O–H groups in total. The monoisotopic (exact) mass is 380 g/mol. The summed E-state index contributed by atoms with van der Waals surface area (Å²) in [5.74, 6) is 1.32. The lowest BCUT2D eigenvalue weighted by Crippen LogP contribution is -2.45. The largest absolute Gasteiger partial charge is 0.493 e. The van der Waals surface area contributed by atoms with Crippen LogP contribution in [0.1, 0.15) is 31.7 Å². The molecule has 0 saturated carbocycles. The van der Waals surface area contributed by atoms with Crippen molar-refractivity contribution < 1.29 is 14.3 Å². The van der Waals surface area contributed by atoms with Crippen molar-refractivity contribution in [3.05, 3.63) is 29.8 Å². The third-order valence-electron chi connectivity index (χ3n) is 5.41. The number of piperidine rings is 1. The Morgan fingerprint density at radius 2 is 2.04 bits per heavy atom. The van der Waals surface area contributed by atoms with Crippen molar-refractivity contribution >= 4 is 24.4 Å². The van der Waals surface area contributed by atoms with Gasteiger partial charge in [0, 0.05) is 19.6 Å². The van der Waals surface area contributed by atoms with E-state index in [4.69, 9.17) is 9.47 Å². The molecule has 5 nitrogen and oxygen atoms in total. The molecule has 1 aromatic rings. The average molecular weight is 381 g/mol. The summed E-state index contributed by atoms with van der Waals surface area (Å²) in [6, 6.07) is 5.73. The number of amides is 1. The molecule has 144 valence electrons. The standard InChI is InChI=1S/C20H28N2O3.ClH/c1-3-4-16-5-6-17(18(13-16)24-2)25-14-19(23)22-11-8-20(9-12-22)7-10-21-15-20;/h3-6,13,21H,7-12,14-15H2,1-2H3;1H/b4-3+;. The van der Waals surface area contributed by atoms with E-state index in [0.29, 0.717) is 16.9 Å². The van der Waals surface area contributed by atoms with Crippen LogP contribution in [0.2, 0.25) is 0 Å². The topological polar surface area (TPSA) is 50.8 Å². The summed E-state index contributed by atoms with van der Waals surface area (Å²) in [4.78, 5) is 14.4. The van der Waals surface area contributed by atoms with Gasteiger partial charge >= 0.3 is 0 Å². The second kappa shape index (κ2) is 9.28. The van der Waals surface area contributed by atoms with Gasteiger partial charge in [0.15, 0.2) is 18.1 Å². The van der Waals surface area contributed by atoms with Crippen molar-refractivity contribution in [2.45, 2.75) is 26.2 Å². The summed E-state index contributed by atoms with van der Waals surface area (Å²) in [6.45, 7) is 5.91. The minimum absolute atomic E-state index is 0. The van der Waals surface area contributed by atoms with Crippen LogP contribution in [0.3, 0.4) is 0 Å². The smallest absolute Gasteiger partial charge is 0.260 e. The molecule has 2 heterocycles. The van der Waals surface area contributed by atoms with Gasteiger partial charge in [0.25, 0.3) is 5.91 Å². The number of nitrogens with one attached hydrogen (secondary N) is 1. The molecule has 2 saturated heterocycles. The van der Waals surface area contributed by atoms with E-state index in [1.54, 1.807) is 7.11 Å². The van der Waals surface area contributed by atoms with Crippen LogP contribution in [0.25, 0.3) is 6.08 Å². The molecule has 0 unspecified atom stereocenters. The maximum Gasteiger partial charge on any atom is 0.260 e. The Morgan fingerprint density at radius 3 is 2.65 bits per heavy atom. The molecule has 2 aliphatic rings. The van der Waals surface area contributed by atoms with Crippen molar-refractivity contribution in [2.75, 3.05) is 39.9 Å².